The highest BCUT2D eigenvalue weighted by molar-refractivity contribution is 5.43. The average molecular weight is 259 g/mol. The van der Waals surface area contributed by atoms with Gasteiger partial charge in [0, 0.05) is 6.20 Å². The van der Waals surface area contributed by atoms with Crippen molar-refractivity contribution in [1.29, 1.82) is 0 Å². The summed E-state index contributed by atoms with van der Waals surface area (Å²) in [7, 11) is 1.58. The predicted molar refractivity (Wildman–Crippen MR) is 72.2 cm³/mol. The fourth-order valence-corrected chi connectivity index (χ4v) is 1.70. The molecule has 0 aliphatic rings. The molecule has 100 valence electrons. The number of aliphatic hydroxyl groups is 1. The molecule has 0 fully saturated rings. The molecule has 19 heavy (non-hydrogen) atoms. The van der Waals surface area contributed by atoms with Gasteiger partial charge in [0.25, 0.3) is 0 Å². The Morgan fingerprint density at radius 1 is 1.21 bits per heavy atom. The summed E-state index contributed by atoms with van der Waals surface area (Å²) in [5.41, 5.74) is 1.64. The molecule has 0 aliphatic heterocycles. The quantitative estimate of drug-likeness (QED) is 0.897. The van der Waals surface area contributed by atoms with E-state index in [9.17, 15) is 5.11 Å². The van der Waals surface area contributed by atoms with Crippen molar-refractivity contribution in [3.63, 3.8) is 0 Å². The first-order valence-corrected chi connectivity index (χ1v) is 6.09. The van der Waals surface area contributed by atoms with E-state index in [1.54, 1.807) is 32.4 Å². The fourth-order valence-electron chi connectivity index (χ4n) is 1.70. The Labute approximate surface area is 112 Å². The molecule has 4 heteroatoms. The van der Waals surface area contributed by atoms with Crippen molar-refractivity contribution in [2.24, 2.45) is 0 Å². The van der Waals surface area contributed by atoms with E-state index in [0.29, 0.717) is 18.1 Å². The summed E-state index contributed by atoms with van der Waals surface area (Å²) >= 11 is 0. The van der Waals surface area contributed by atoms with Crippen molar-refractivity contribution in [2.75, 3.05) is 7.11 Å². The molecular weight excluding hydrogens is 242 g/mol. The van der Waals surface area contributed by atoms with Gasteiger partial charge in [-0.05, 0) is 36.8 Å². The maximum Gasteiger partial charge on any atom is 0.161 e. The predicted octanol–water partition coefficient (Wildman–Crippen LogP) is 2.72. The second-order valence-electron chi connectivity index (χ2n) is 4.20. The van der Waals surface area contributed by atoms with Crippen molar-refractivity contribution < 1.29 is 14.6 Å². The van der Waals surface area contributed by atoms with Crippen LogP contribution >= 0.6 is 0 Å². The van der Waals surface area contributed by atoms with Crippen LogP contribution in [-0.4, -0.2) is 17.2 Å². The minimum absolute atomic E-state index is 0.380. The number of aromatic nitrogens is 1. The number of ether oxygens (including phenoxy) is 2. The van der Waals surface area contributed by atoms with Gasteiger partial charge in [0.15, 0.2) is 11.5 Å². The first-order valence-electron chi connectivity index (χ1n) is 6.09. The number of methoxy groups -OCH3 is 1. The van der Waals surface area contributed by atoms with Gasteiger partial charge in [-0.2, -0.15) is 0 Å². The second-order valence-corrected chi connectivity index (χ2v) is 4.20. The number of hydrogen-bond acceptors (Lipinski definition) is 4. The fraction of sp³-hybridized carbons (Fsp3) is 0.267. The van der Waals surface area contributed by atoms with E-state index in [0.717, 1.165) is 11.3 Å². The highest BCUT2D eigenvalue weighted by Gasteiger charge is 2.09. The molecule has 0 aliphatic carbocycles. The molecule has 2 aromatic rings. The van der Waals surface area contributed by atoms with E-state index >= 15 is 0 Å². The van der Waals surface area contributed by atoms with Crippen LogP contribution in [0.25, 0.3) is 0 Å². The molecule has 1 atom stereocenters. The van der Waals surface area contributed by atoms with Crippen LogP contribution in [0.2, 0.25) is 0 Å². The summed E-state index contributed by atoms with van der Waals surface area (Å²) in [6, 6.07) is 11.1. The van der Waals surface area contributed by atoms with Crippen LogP contribution in [-0.2, 0) is 6.61 Å². The van der Waals surface area contributed by atoms with Gasteiger partial charge in [-0.25, -0.2) is 0 Å². The van der Waals surface area contributed by atoms with Crippen LogP contribution in [0.15, 0.2) is 42.6 Å². The molecule has 0 radical (unpaired) electrons. The first kappa shape index (κ1) is 13.4. The lowest BCUT2D eigenvalue weighted by atomic mass is 10.1. The number of hydrogen-bond donors (Lipinski definition) is 1. The number of rotatable bonds is 5. The van der Waals surface area contributed by atoms with Crippen LogP contribution in [0.4, 0.5) is 0 Å². The molecule has 0 amide bonds. The van der Waals surface area contributed by atoms with E-state index in [1.807, 2.05) is 24.3 Å². The van der Waals surface area contributed by atoms with Gasteiger partial charge < -0.3 is 14.6 Å². The number of pyridine rings is 1. The Morgan fingerprint density at radius 2 is 2.05 bits per heavy atom. The van der Waals surface area contributed by atoms with E-state index < -0.39 is 6.10 Å². The van der Waals surface area contributed by atoms with Crippen molar-refractivity contribution in [3.05, 3.63) is 53.9 Å². The van der Waals surface area contributed by atoms with Crippen molar-refractivity contribution >= 4 is 0 Å². The van der Waals surface area contributed by atoms with E-state index in [4.69, 9.17) is 9.47 Å². The zero-order chi connectivity index (χ0) is 13.7. The average Bonchev–Trinajstić information content (AvgIpc) is 2.45. The van der Waals surface area contributed by atoms with Gasteiger partial charge >= 0.3 is 0 Å². The maximum absolute atomic E-state index is 9.54. The van der Waals surface area contributed by atoms with Crippen LogP contribution in [0, 0.1) is 0 Å². The normalized spacial score (nSPS) is 11.9. The Morgan fingerprint density at radius 3 is 2.68 bits per heavy atom. The van der Waals surface area contributed by atoms with E-state index in [-0.39, 0.29) is 0 Å². The van der Waals surface area contributed by atoms with Gasteiger partial charge in [0.2, 0.25) is 0 Å². The summed E-state index contributed by atoms with van der Waals surface area (Å²) < 4.78 is 10.9. The third-order valence-corrected chi connectivity index (χ3v) is 2.77. The lowest BCUT2D eigenvalue weighted by molar-refractivity contribution is 0.198. The van der Waals surface area contributed by atoms with Gasteiger partial charge in [0.1, 0.15) is 6.61 Å². The Balaban J connectivity index is 2.12. The zero-order valence-electron chi connectivity index (χ0n) is 11.0. The number of nitrogens with zero attached hydrogens (tertiary/aromatic N) is 1. The Hall–Kier alpha value is -2.07. The van der Waals surface area contributed by atoms with Gasteiger partial charge in [-0.1, -0.05) is 12.1 Å². The molecule has 1 aromatic carbocycles. The van der Waals surface area contributed by atoms with Gasteiger partial charge in [-0.3, -0.25) is 4.98 Å². The first-order chi connectivity index (χ1) is 9.20. The molecule has 1 aromatic heterocycles. The molecule has 0 unspecified atom stereocenters. The maximum atomic E-state index is 9.54. The molecule has 2 rings (SSSR count). The molecule has 4 nitrogen and oxygen atoms in total. The highest BCUT2D eigenvalue weighted by atomic mass is 16.5. The molecule has 1 N–H and O–H groups in total. The monoisotopic (exact) mass is 259 g/mol. The zero-order valence-corrected chi connectivity index (χ0v) is 11.0. The van der Waals surface area contributed by atoms with Crippen LogP contribution in [0.3, 0.4) is 0 Å². The lowest BCUT2D eigenvalue weighted by Gasteiger charge is -2.13. The molecule has 0 saturated carbocycles. The van der Waals surface area contributed by atoms with E-state index in [2.05, 4.69) is 4.98 Å². The Kier molecular flexibility index (Phi) is 4.36. The lowest BCUT2D eigenvalue weighted by Crippen LogP contribution is -2.00. The summed E-state index contributed by atoms with van der Waals surface area (Å²) in [5, 5.41) is 9.54. The minimum atomic E-state index is -0.529. The highest BCUT2D eigenvalue weighted by Crippen LogP contribution is 2.30. The standard InChI is InChI=1S/C15H17NO3/c1-11(17)12-6-7-14(15(9-12)18-2)19-10-13-5-3-4-8-16-13/h3-9,11,17H,10H2,1-2H3/t11-/m0/s1. The molecule has 1 heterocycles. The Bertz CT molecular complexity index is 526. The second kappa shape index (κ2) is 6.20. The van der Waals surface area contributed by atoms with Crippen molar-refractivity contribution in [2.45, 2.75) is 19.6 Å². The van der Waals surface area contributed by atoms with Crippen molar-refractivity contribution in [3.8, 4) is 11.5 Å². The van der Waals surface area contributed by atoms with Crippen LogP contribution < -0.4 is 9.47 Å². The van der Waals surface area contributed by atoms with Gasteiger partial charge in [0.05, 0.1) is 18.9 Å². The number of aliphatic hydroxyl groups excluding tert-OH is 1. The molecule has 0 bridgehead atoms. The number of benzene rings is 1. The van der Waals surface area contributed by atoms with Crippen molar-refractivity contribution in [1.82, 2.24) is 4.98 Å². The SMILES string of the molecule is COc1cc([C@H](C)O)ccc1OCc1ccccn1. The largest absolute Gasteiger partial charge is 0.493 e. The summed E-state index contributed by atoms with van der Waals surface area (Å²) in [4.78, 5) is 4.19. The summed E-state index contributed by atoms with van der Waals surface area (Å²) in [6.07, 6.45) is 1.20. The molecular formula is C15H17NO3. The van der Waals surface area contributed by atoms with Crippen LogP contribution in [0.1, 0.15) is 24.3 Å². The van der Waals surface area contributed by atoms with Gasteiger partial charge in [-0.15, -0.1) is 0 Å². The molecule has 0 spiro atoms. The smallest absolute Gasteiger partial charge is 0.161 e. The molecule has 0 saturated heterocycles. The van der Waals surface area contributed by atoms with Crippen LogP contribution in [0.5, 0.6) is 11.5 Å². The third kappa shape index (κ3) is 3.45. The van der Waals surface area contributed by atoms with E-state index in [1.165, 1.54) is 0 Å². The topological polar surface area (TPSA) is 51.6 Å². The summed E-state index contributed by atoms with van der Waals surface area (Å²) in [5.74, 6) is 1.24. The third-order valence-electron chi connectivity index (χ3n) is 2.77. The summed E-state index contributed by atoms with van der Waals surface area (Å²) in [6.45, 7) is 2.09. The minimum Gasteiger partial charge on any atom is -0.493 e.